The normalized spacial score (nSPS) is 19.5. The molecule has 1 atom stereocenters. The van der Waals surface area contributed by atoms with Crippen molar-refractivity contribution in [3.63, 3.8) is 0 Å². The number of nitrogens with two attached hydrogens (primary N) is 2. The van der Waals surface area contributed by atoms with Crippen LogP contribution in [0.3, 0.4) is 0 Å². The molecule has 1 spiro atoms. The van der Waals surface area contributed by atoms with E-state index in [1.54, 1.807) is 18.2 Å². The Labute approximate surface area is 220 Å². The number of carbonyl (C=O) groups excluding carboxylic acids is 1. The molecule has 0 saturated heterocycles. The summed E-state index contributed by atoms with van der Waals surface area (Å²) in [6.45, 7) is -0.0555. The van der Waals surface area contributed by atoms with E-state index in [2.05, 4.69) is 25.7 Å². The number of rotatable bonds is 4. The van der Waals surface area contributed by atoms with E-state index in [0.29, 0.717) is 29.6 Å². The number of alkyl halides is 3. The Morgan fingerprint density at radius 1 is 1.18 bits per heavy atom. The van der Waals surface area contributed by atoms with E-state index < -0.39 is 47.3 Å². The highest BCUT2D eigenvalue weighted by molar-refractivity contribution is 6.06. The number of aromatic nitrogens is 2. The van der Waals surface area contributed by atoms with Gasteiger partial charge in [-0.25, -0.2) is 9.38 Å². The summed E-state index contributed by atoms with van der Waals surface area (Å²) in [5.41, 5.74) is 12.7. The fourth-order valence-corrected chi connectivity index (χ4v) is 6.10. The van der Waals surface area contributed by atoms with Crippen LogP contribution in [0.4, 0.5) is 29.1 Å². The second-order valence-corrected chi connectivity index (χ2v) is 10.0. The average molecular weight is 543 g/mol. The molecule has 3 heterocycles. The summed E-state index contributed by atoms with van der Waals surface area (Å²) in [4.78, 5) is 19.2. The summed E-state index contributed by atoms with van der Waals surface area (Å²) in [5, 5.41) is 13.5. The first-order valence-corrected chi connectivity index (χ1v) is 12.6. The molecule has 1 amide bonds. The van der Waals surface area contributed by atoms with Gasteiger partial charge in [0.15, 0.2) is 5.82 Å². The van der Waals surface area contributed by atoms with Crippen LogP contribution in [0, 0.1) is 5.82 Å². The number of guanidine groups is 1. The molecule has 9 nitrogen and oxygen atoms in total. The monoisotopic (exact) mass is 542 g/mol. The van der Waals surface area contributed by atoms with Crippen LogP contribution in [-0.2, 0) is 24.8 Å². The zero-order valence-corrected chi connectivity index (χ0v) is 20.7. The number of hydrogen-bond acceptors (Lipinski definition) is 7. The molecule has 204 valence electrons. The Bertz CT molecular complexity index is 1490. The van der Waals surface area contributed by atoms with E-state index in [4.69, 9.17) is 16.5 Å². The number of H-pyrrole nitrogens is 1. The third kappa shape index (κ3) is 3.99. The molecule has 3 aromatic rings. The standard InChI is InChI=1S/C26H26F4N8O/c27-18-8-4-7-17(26(28,29)30)15(18)11-33-23-14-6-3-5-13(22(32)39)19(14)34-24(35-23)38-12-16-20(36-37-21(16)31)25(38)9-1-2-10-25/h3-8,23,33H,1-2,9-12H2,(H2,32,39)(H,34,35)(H3,31,36,37). The van der Waals surface area contributed by atoms with Gasteiger partial charge in [0.25, 0.3) is 5.91 Å². The molecular formula is C26H26F4N8O. The number of anilines is 2. The van der Waals surface area contributed by atoms with Gasteiger partial charge in [0.05, 0.1) is 34.6 Å². The first-order chi connectivity index (χ1) is 18.6. The van der Waals surface area contributed by atoms with E-state index in [0.717, 1.165) is 55.1 Å². The number of fused-ring (bicyclic) bond motifs is 3. The maximum Gasteiger partial charge on any atom is 0.416 e. The third-order valence-corrected chi connectivity index (χ3v) is 7.93. The molecule has 13 heteroatoms. The maximum atomic E-state index is 14.6. The predicted molar refractivity (Wildman–Crippen MR) is 136 cm³/mol. The van der Waals surface area contributed by atoms with Crippen LogP contribution in [0.2, 0.25) is 0 Å². The summed E-state index contributed by atoms with van der Waals surface area (Å²) in [7, 11) is 0. The van der Waals surface area contributed by atoms with Crippen molar-refractivity contribution in [2.24, 2.45) is 10.7 Å². The van der Waals surface area contributed by atoms with Crippen LogP contribution < -0.4 is 22.1 Å². The first kappa shape index (κ1) is 25.2. The van der Waals surface area contributed by atoms with Gasteiger partial charge in [0, 0.05) is 23.2 Å². The number of amides is 1. The lowest BCUT2D eigenvalue weighted by Gasteiger charge is -2.40. The fourth-order valence-electron chi connectivity index (χ4n) is 6.10. The molecule has 2 aromatic carbocycles. The Balaban J connectivity index is 1.41. The zero-order chi connectivity index (χ0) is 27.5. The highest BCUT2D eigenvalue weighted by atomic mass is 19.4. The number of carbonyl (C=O) groups is 1. The highest BCUT2D eigenvalue weighted by Crippen LogP contribution is 2.51. The number of primary amides is 1. The third-order valence-electron chi connectivity index (χ3n) is 7.93. The summed E-state index contributed by atoms with van der Waals surface area (Å²) in [5.74, 6) is -0.859. The number of nitrogen functional groups attached to an aromatic ring is 1. The minimum atomic E-state index is -4.73. The Kier molecular flexibility index (Phi) is 5.79. The molecule has 6 rings (SSSR count). The summed E-state index contributed by atoms with van der Waals surface area (Å²) < 4.78 is 55.5. The minimum Gasteiger partial charge on any atom is -0.382 e. The van der Waals surface area contributed by atoms with E-state index in [1.165, 1.54) is 0 Å². The van der Waals surface area contributed by atoms with Gasteiger partial charge in [0.2, 0.25) is 5.96 Å². The van der Waals surface area contributed by atoms with Gasteiger partial charge in [-0.3, -0.25) is 15.2 Å². The number of aromatic amines is 1. The average Bonchev–Trinajstić information content (AvgIpc) is 3.60. The predicted octanol–water partition coefficient (Wildman–Crippen LogP) is 4.10. The van der Waals surface area contributed by atoms with E-state index in [9.17, 15) is 22.4 Å². The van der Waals surface area contributed by atoms with Crippen molar-refractivity contribution in [3.8, 4) is 0 Å². The first-order valence-electron chi connectivity index (χ1n) is 12.6. The van der Waals surface area contributed by atoms with Crippen LogP contribution >= 0.6 is 0 Å². The van der Waals surface area contributed by atoms with Crippen molar-refractivity contribution in [2.75, 3.05) is 11.1 Å². The molecule has 39 heavy (non-hydrogen) atoms. The van der Waals surface area contributed by atoms with Crippen molar-refractivity contribution < 1.29 is 22.4 Å². The quantitative estimate of drug-likeness (QED) is 0.315. The fraction of sp³-hybridized carbons (Fsp3) is 0.346. The van der Waals surface area contributed by atoms with Gasteiger partial charge in [-0.2, -0.15) is 18.3 Å². The maximum absolute atomic E-state index is 14.6. The van der Waals surface area contributed by atoms with Crippen molar-refractivity contribution >= 4 is 23.4 Å². The van der Waals surface area contributed by atoms with Gasteiger partial charge in [-0.1, -0.05) is 31.0 Å². The number of hydrogen-bond donors (Lipinski definition) is 5. The Morgan fingerprint density at radius 2 is 1.92 bits per heavy atom. The molecule has 1 fully saturated rings. The summed E-state index contributed by atoms with van der Waals surface area (Å²) in [6, 6.07) is 7.73. The summed E-state index contributed by atoms with van der Waals surface area (Å²) in [6.07, 6.45) is -2.06. The molecule has 0 radical (unpaired) electrons. The molecule has 0 bridgehead atoms. The van der Waals surface area contributed by atoms with Crippen molar-refractivity contribution in [2.45, 2.75) is 56.7 Å². The lowest BCUT2D eigenvalue weighted by atomic mass is 9.93. The number of halogens is 4. The van der Waals surface area contributed by atoms with Gasteiger partial charge in [-0.05, 0) is 31.0 Å². The molecule has 3 aliphatic rings. The van der Waals surface area contributed by atoms with Crippen molar-refractivity contribution in [3.05, 3.63) is 75.7 Å². The number of para-hydroxylation sites is 1. The zero-order valence-electron chi connectivity index (χ0n) is 20.7. The van der Waals surface area contributed by atoms with Crippen LogP contribution in [-0.4, -0.2) is 27.0 Å². The number of aliphatic imine (C=N–C) groups is 1. The van der Waals surface area contributed by atoms with Crippen LogP contribution in [0.15, 0.2) is 41.4 Å². The number of nitrogens with zero attached hydrogens (tertiary/aromatic N) is 3. The van der Waals surface area contributed by atoms with Crippen molar-refractivity contribution in [1.29, 1.82) is 0 Å². The molecule has 1 unspecified atom stereocenters. The van der Waals surface area contributed by atoms with E-state index >= 15 is 0 Å². The lowest BCUT2D eigenvalue weighted by Crippen LogP contribution is -2.48. The smallest absolute Gasteiger partial charge is 0.382 e. The molecule has 2 aliphatic heterocycles. The molecule has 1 aromatic heterocycles. The van der Waals surface area contributed by atoms with Crippen molar-refractivity contribution in [1.82, 2.24) is 20.4 Å². The van der Waals surface area contributed by atoms with Gasteiger partial charge >= 0.3 is 6.18 Å². The molecule has 1 saturated carbocycles. The van der Waals surface area contributed by atoms with Gasteiger partial charge in [-0.15, -0.1) is 0 Å². The Morgan fingerprint density at radius 3 is 2.64 bits per heavy atom. The van der Waals surface area contributed by atoms with Gasteiger partial charge < -0.3 is 21.7 Å². The molecule has 7 N–H and O–H groups in total. The van der Waals surface area contributed by atoms with Crippen LogP contribution in [0.1, 0.15) is 70.2 Å². The number of nitrogens with one attached hydrogen (secondary N) is 3. The minimum absolute atomic E-state index is 0.202. The lowest BCUT2D eigenvalue weighted by molar-refractivity contribution is -0.138. The summed E-state index contributed by atoms with van der Waals surface area (Å²) >= 11 is 0. The van der Waals surface area contributed by atoms with Crippen LogP contribution in [0.5, 0.6) is 0 Å². The largest absolute Gasteiger partial charge is 0.416 e. The topological polar surface area (TPSA) is 137 Å². The highest BCUT2D eigenvalue weighted by Gasteiger charge is 2.51. The molecule has 1 aliphatic carbocycles. The van der Waals surface area contributed by atoms with Crippen LogP contribution in [0.25, 0.3) is 0 Å². The van der Waals surface area contributed by atoms with Gasteiger partial charge in [0.1, 0.15) is 12.0 Å². The second kappa shape index (κ2) is 8.97. The molecular weight excluding hydrogens is 516 g/mol. The SMILES string of the molecule is NC(=O)c1cccc2c1NC(N1Cc3c(N)n[nH]c3C13CCCC3)=NC2NCc1c(F)cccc1C(F)(F)F. The van der Waals surface area contributed by atoms with E-state index in [-0.39, 0.29) is 5.56 Å². The second-order valence-electron chi connectivity index (χ2n) is 10.0. The number of benzene rings is 2. The Hall–Kier alpha value is -4.13. The van der Waals surface area contributed by atoms with E-state index in [1.807, 2.05) is 0 Å².